The number of esters is 1. The second kappa shape index (κ2) is 6.89. The van der Waals surface area contributed by atoms with Gasteiger partial charge in [-0.2, -0.15) is 0 Å². The minimum absolute atomic E-state index is 0.135. The summed E-state index contributed by atoms with van der Waals surface area (Å²) in [4.78, 5) is 12.6. The summed E-state index contributed by atoms with van der Waals surface area (Å²) in [6.07, 6.45) is 1.52. The third-order valence-corrected chi connectivity index (χ3v) is 4.13. The molecule has 2 unspecified atom stereocenters. The Morgan fingerprint density at radius 1 is 1.43 bits per heavy atom. The van der Waals surface area contributed by atoms with Gasteiger partial charge in [0.1, 0.15) is 11.4 Å². The van der Waals surface area contributed by atoms with Crippen molar-refractivity contribution in [3.8, 4) is 0 Å². The van der Waals surface area contributed by atoms with Crippen molar-refractivity contribution in [3.05, 3.63) is 30.1 Å². The molecule has 2 atom stereocenters. The first-order valence-electron chi connectivity index (χ1n) is 7.54. The summed E-state index contributed by atoms with van der Waals surface area (Å²) in [5.41, 5.74) is -0.00166. The molecule has 1 aliphatic rings. The third kappa shape index (κ3) is 3.35. The van der Waals surface area contributed by atoms with Crippen LogP contribution in [0.5, 0.6) is 0 Å². The van der Waals surface area contributed by atoms with E-state index in [1.807, 2.05) is 6.92 Å². The van der Waals surface area contributed by atoms with Crippen molar-refractivity contribution in [2.45, 2.75) is 32.2 Å². The number of halogens is 1. The van der Waals surface area contributed by atoms with Gasteiger partial charge in [0.25, 0.3) is 0 Å². The normalized spacial score (nSPS) is 25.4. The molecule has 116 valence electrons. The van der Waals surface area contributed by atoms with Gasteiger partial charge in [-0.05, 0) is 50.6 Å². The second-order valence-corrected chi connectivity index (χ2v) is 5.38. The van der Waals surface area contributed by atoms with Gasteiger partial charge in [-0.1, -0.05) is 6.92 Å². The van der Waals surface area contributed by atoms with Crippen LogP contribution in [0.1, 0.15) is 26.7 Å². The van der Waals surface area contributed by atoms with E-state index < -0.39 is 5.54 Å². The highest BCUT2D eigenvalue weighted by Crippen LogP contribution is 2.32. The van der Waals surface area contributed by atoms with E-state index in [-0.39, 0.29) is 17.7 Å². The first-order chi connectivity index (χ1) is 10.1. The number of rotatable bonds is 5. The van der Waals surface area contributed by atoms with Crippen molar-refractivity contribution in [1.29, 1.82) is 0 Å². The highest BCUT2D eigenvalue weighted by molar-refractivity contribution is 5.85. The summed E-state index contributed by atoms with van der Waals surface area (Å²) >= 11 is 0. The van der Waals surface area contributed by atoms with E-state index in [4.69, 9.17) is 4.74 Å². The van der Waals surface area contributed by atoms with Crippen molar-refractivity contribution in [3.63, 3.8) is 0 Å². The molecule has 4 nitrogen and oxygen atoms in total. The fraction of sp³-hybridized carbons (Fsp3) is 0.562. The number of carbonyl (C=O) groups excluding carboxylic acids is 1. The van der Waals surface area contributed by atoms with Crippen LogP contribution in [0.2, 0.25) is 0 Å². The van der Waals surface area contributed by atoms with Gasteiger partial charge in [0.05, 0.1) is 6.61 Å². The molecule has 21 heavy (non-hydrogen) atoms. The summed E-state index contributed by atoms with van der Waals surface area (Å²) < 4.78 is 18.4. The quantitative estimate of drug-likeness (QED) is 0.820. The molecule has 0 bridgehead atoms. The third-order valence-electron chi connectivity index (χ3n) is 4.13. The van der Waals surface area contributed by atoms with Crippen LogP contribution >= 0.6 is 0 Å². The molecule has 2 N–H and O–H groups in total. The molecule has 1 saturated heterocycles. The zero-order valence-corrected chi connectivity index (χ0v) is 12.6. The van der Waals surface area contributed by atoms with Gasteiger partial charge in [0, 0.05) is 18.2 Å². The molecule has 0 saturated carbocycles. The Labute approximate surface area is 125 Å². The Morgan fingerprint density at radius 3 is 2.76 bits per heavy atom. The Hall–Kier alpha value is -1.62. The number of hydrogen-bond donors (Lipinski definition) is 2. The minimum atomic E-state index is -0.742. The first kappa shape index (κ1) is 15.8. The summed E-state index contributed by atoms with van der Waals surface area (Å²) in [6, 6.07) is 6.10. The lowest BCUT2D eigenvalue weighted by Crippen LogP contribution is -2.60. The SMILES string of the molecule is CCOC(=O)C1(Nc2ccc(F)cc2)CCNCC1CC. The largest absolute Gasteiger partial charge is 0.464 e. The molecule has 0 spiro atoms. The van der Waals surface area contributed by atoms with Crippen molar-refractivity contribution in [2.24, 2.45) is 5.92 Å². The van der Waals surface area contributed by atoms with Gasteiger partial charge in [-0.25, -0.2) is 9.18 Å². The Balaban J connectivity index is 2.30. The Morgan fingerprint density at radius 2 is 2.14 bits per heavy atom. The smallest absolute Gasteiger partial charge is 0.332 e. The molecule has 1 aromatic rings. The number of benzene rings is 1. The molecule has 1 aliphatic heterocycles. The van der Waals surface area contributed by atoms with Crippen LogP contribution in [0.3, 0.4) is 0 Å². The predicted molar refractivity (Wildman–Crippen MR) is 80.7 cm³/mol. The molecule has 0 aromatic heterocycles. The van der Waals surface area contributed by atoms with Crippen LogP contribution < -0.4 is 10.6 Å². The van der Waals surface area contributed by atoms with E-state index in [1.165, 1.54) is 12.1 Å². The number of ether oxygens (including phenoxy) is 1. The molecule has 1 fully saturated rings. The molecule has 1 heterocycles. The van der Waals surface area contributed by atoms with Crippen LogP contribution in [0.4, 0.5) is 10.1 Å². The van der Waals surface area contributed by atoms with Gasteiger partial charge >= 0.3 is 5.97 Å². The van der Waals surface area contributed by atoms with Crippen LogP contribution in [-0.2, 0) is 9.53 Å². The fourth-order valence-electron chi connectivity index (χ4n) is 2.97. The van der Waals surface area contributed by atoms with Gasteiger partial charge in [-0.3, -0.25) is 0 Å². The lowest BCUT2D eigenvalue weighted by molar-refractivity contribution is -0.151. The molecule has 1 aromatic carbocycles. The van der Waals surface area contributed by atoms with Gasteiger partial charge < -0.3 is 15.4 Å². The highest BCUT2D eigenvalue weighted by atomic mass is 19.1. The molecular formula is C16H23FN2O2. The average molecular weight is 294 g/mol. The van der Waals surface area contributed by atoms with E-state index in [0.717, 1.165) is 25.2 Å². The molecule has 0 amide bonds. The van der Waals surface area contributed by atoms with Crippen molar-refractivity contribution in [2.75, 3.05) is 25.0 Å². The highest BCUT2D eigenvalue weighted by Gasteiger charge is 2.47. The minimum Gasteiger partial charge on any atom is -0.464 e. The topological polar surface area (TPSA) is 50.4 Å². The maximum absolute atomic E-state index is 13.1. The maximum Gasteiger partial charge on any atom is 0.332 e. The second-order valence-electron chi connectivity index (χ2n) is 5.38. The van der Waals surface area contributed by atoms with Crippen LogP contribution in [0, 0.1) is 11.7 Å². The number of nitrogens with one attached hydrogen (secondary N) is 2. The number of piperidine rings is 1. The molecular weight excluding hydrogens is 271 g/mol. The monoisotopic (exact) mass is 294 g/mol. The van der Waals surface area contributed by atoms with E-state index >= 15 is 0 Å². The first-order valence-corrected chi connectivity index (χ1v) is 7.54. The summed E-state index contributed by atoms with van der Waals surface area (Å²) in [5.74, 6) is -0.374. The molecule has 2 rings (SSSR count). The zero-order chi connectivity index (χ0) is 15.3. The lowest BCUT2D eigenvalue weighted by Gasteiger charge is -2.43. The van der Waals surface area contributed by atoms with Crippen molar-refractivity contribution < 1.29 is 13.9 Å². The summed E-state index contributed by atoms with van der Waals surface area (Å²) in [6.45, 7) is 5.76. The number of hydrogen-bond acceptors (Lipinski definition) is 4. The van der Waals surface area contributed by atoms with Crippen LogP contribution in [-0.4, -0.2) is 31.2 Å². The molecule has 0 radical (unpaired) electrons. The van der Waals surface area contributed by atoms with Crippen LogP contribution in [0.15, 0.2) is 24.3 Å². The van der Waals surface area contributed by atoms with Crippen LogP contribution in [0.25, 0.3) is 0 Å². The van der Waals surface area contributed by atoms with Gasteiger partial charge in [0.2, 0.25) is 0 Å². The Bertz CT molecular complexity index is 478. The summed E-state index contributed by atoms with van der Waals surface area (Å²) in [5, 5.41) is 6.65. The molecule has 5 heteroatoms. The average Bonchev–Trinajstić information content (AvgIpc) is 2.50. The fourth-order valence-corrected chi connectivity index (χ4v) is 2.97. The predicted octanol–water partition coefficient (Wildman–Crippen LogP) is 2.56. The van der Waals surface area contributed by atoms with Crippen molar-refractivity contribution >= 4 is 11.7 Å². The van der Waals surface area contributed by atoms with E-state index in [2.05, 4.69) is 17.6 Å². The van der Waals surface area contributed by atoms with Crippen molar-refractivity contribution in [1.82, 2.24) is 5.32 Å². The van der Waals surface area contributed by atoms with Gasteiger partial charge in [0.15, 0.2) is 0 Å². The molecule has 0 aliphatic carbocycles. The van der Waals surface area contributed by atoms with E-state index in [0.29, 0.717) is 13.0 Å². The summed E-state index contributed by atoms with van der Waals surface area (Å²) in [7, 11) is 0. The lowest BCUT2D eigenvalue weighted by atomic mass is 9.76. The number of anilines is 1. The number of carbonyl (C=O) groups is 1. The maximum atomic E-state index is 13.1. The Kier molecular flexibility index (Phi) is 5.17. The standard InChI is InChI=1S/C16H23FN2O2/c1-3-12-11-18-10-9-16(12,15(20)21-4-2)19-14-7-5-13(17)6-8-14/h5-8,12,18-19H,3-4,9-11H2,1-2H3. The zero-order valence-electron chi connectivity index (χ0n) is 12.6. The van der Waals surface area contributed by atoms with E-state index in [9.17, 15) is 9.18 Å². The van der Waals surface area contributed by atoms with Gasteiger partial charge in [-0.15, -0.1) is 0 Å². The van der Waals surface area contributed by atoms with E-state index in [1.54, 1.807) is 12.1 Å².